The van der Waals surface area contributed by atoms with Gasteiger partial charge in [-0.1, -0.05) is 0 Å². The van der Waals surface area contributed by atoms with Crippen molar-refractivity contribution in [1.29, 1.82) is 5.26 Å². The second-order valence-electron chi connectivity index (χ2n) is 5.09. The van der Waals surface area contributed by atoms with Crippen LogP contribution in [0.3, 0.4) is 0 Å². The van der Waals surface area contributed by atoms with Crippen LogP contribution in [0.15, 0.2) is 42.5 Å². The van der Waals surface area contributed by atoms with Gasteiger partial charge in [-0.05, 0) is 37.3 Å². The Labute approximate surface area is 139 Å². The normalized spacial score (nSPS) is 9.83. The third kappa shape index (κ3) is 4.30. The van der Waals surface area contributed by atoms with E-state index >= 15 is 0 Å². The largest absolute Gasteiger partial charge is 0.383 e. The molecule has 0 aliphatic heterocycles. The number of nitrogens with zero attached hydrogens (tertiary/aromatic N) is 2. The molecule has 0 amide bonds. The van der Waals surface area contributed by atoms with Crippen LogP contribution in [0, 0.1) is 21.4 Å². The van der Waals surface area contributed by atoms with Crippen molar-refractivity contribution in [1.82, 2.24) is 0 Å². The standard InChI is InChI=1S/C17H16N4O3/c1-12(22)16-7-2-13(11-18)10-17(16)20-9-8-19-14-3-5-15(6-4-14)21(23)24/h2-7,10,19-20H,8-9H2,1H3. The minimum Gasteiger partial charge on any atom is -0.383 e. The van der Waals surface area contributed by atoms with E-state index in [1.54, 1.807) is 30.3 Å². The van der Waals surface area contributed by atoms with Crippen LogP contribution >= 0.6 is 0 Å². The van der Waals surface area contributed by atoms with Crippen LogP contribution in [0.25, 0.3) is 0 Å². The third-order valence-corrected chi connectivity index (χ3v) is 3.38. The van der Waals surface area contributed by atoms with Gasteiger partial charge < -0.3 is 10.6 Å². The number of rotatable bonds is 7. The van der Waals surface area contributed by atoms with Crippen LogP contribution in [0.1, 0.15) is 22.8 Å². The number of nitro benzene ring substituents is 1. The fourth-order valence-electron chi connectivity index (χ4n) is 2.17. The summed E-state index contributed by atoms with van der Waals surface area (Å²) >= 11 is 0. The molecule has 0 fully saturated rings. The van der Waals surface area contributed by atoms with Gasteiger partial charge in [0, 0.05) is 42.2 Å². The maximum atomic E-state index is 11.6. The van der Waals surface area contributed by atoms with Gasteiger partial charge in [0.2, 0.25) is 0 Å². The number of benzene rings is 2. The Balaban J connectivity index is 1.93. The lowest BCUT2D eigenvalue weighted by Crippen LogP contribution is -2.15. The van der Waals surface area contributed by atoms with E-state index in [0.717, 1.165) is 5.69 Å². The van der Waals surface area contributed by atoms with Crippen molar-refractivity contribution in [2.45, 2.75) is 6.92 Å². The first-order valence-corrected chi connectivity index (χ1v) is 7.28. The molecule has 0 bridgehead atoms. The highest BCUT2D eigenvalue weighted by Gasteiger charge is 2.08. The summed E-state index contributed by atoms with van der Waals surface area (Å²) in [6.45, 7) is 2.54. The fraction of sp³-hybridized carbons (Fsp3) is 0.176. The SMILES string of the molecule is CC(=O)c1ccc(C#N)cc1NCCNc1ccc([N+](=O)[O-])cc1. The molecule has 7 heteroatoms. The van der Waals surface area contributed by atoms with Gasteiger partial charge in [0.05, 0.1) is 16.6 Å². The Morgan fingerprint density at radius 3 is 2.42 bits per heavy atom. The molecule has 0 aliphatic carbocycles. The second kappa shape index (κ2) is 7.74. The number of carbonyl (C=O) groups excluding carboxylic acids is 1. The molecular formula is C17H16N4O3. The Kier molecular flexibility index (Phi) is 5.47. The van der Waals surface area contributed by atoms with E-state index in [0.29, 0.717) is 29.9 Å². The molecule has 2 rings (SSSR count). The van der Waals surface area contributed by atoms with Gasteiger partial charge in [-0.15, -0.1) is 0 Å². The fourth-order valence-corrected chi connectivity index (χ4v) is 2.17. The molecule has 7 nitrogen and oxygen atoms in total. The summed E-state index contributed by atoms with van der Waals surface area (Å²) < 4.78 is 0. The lowest BCUT2D eigenvalue weighted by molar-refractivity contribution is -0.384. The predicted molar refractivity (Wildman–Crippen MR) is 91.2 cm³/mol. The van der Waals surface area contributed by atoms with Crippen LogP contribution < -0.4 is 10.6 Å². The zero-order valence-electron chi connectivity index (χ0n) is 13.1. The number of hydrogen-bond acceptors (Lipinski definition) is 6. The van der Waals surface area contributed by atoms with Crippen LogP contribution in [-0.4, -0.2) is 23.8 Å². The van der Waals surface area contributed by atoms with Gasteiger partial charge >= 0.3 is 0 Å². The summed E-state index contributed by atoms with van der Waals surface area (Å²) in [5, 5.41) is 25.8. The van der Waals surface area contributed by atoms with E-state index in [2.05, 4.69) is 10.6 Å². The molecule has 0 atom stereocenters. The Hall–Kier alpha value is -3.40. The van der Waals surface area contributed by atoms with E-state index in [1.165, 1.54) is 19.1 Å². The van der Waals surface area contributed by atoms with Crippen LogP contribution in [0.4, 0.5) is 17.1 Å². The van der Waals surface area contributed by atoms with Crippen molar-refractivity contribution < 1.29 is 9.72 Å². The number of Topliss-reactive ketones (excluding diaryl/α,β-unsaturated/α-hetero) is 1. The van der Waals surface area contributed by atoms with Crippen molar-refractivity contribution in [3.8, 4) is 6.07 Å². The molecule has 2 aromatic carbocycles. The molecule has 122 valence electrons. The topological polar surface area (TPSA) is 108 Å². The summed E-state index contributed by atoms with van der Waals surface area (Å²) in [5.74, 6) is -0.0784. The third-order valence-electron chi connectivity index (χ3n) is 3.38. The molecule has 0 spiro atoms. The Morgan fingerprint density at radius 2 is 1.83 bits per heavy atom. The zero-order chi connectivity index (χ0) is 17.5. The highest BCUT2D eigenvalue weighted by molar-refractivity contribution is 5.99. The average Bonchev–Trinajstić information content (AvgIpc) is 2.58. The summed E-state index contributed by atoms with van der Waals surface area (Å²) in [7, 11) is 0. The summed E-state index contributed by atoms with van der Waals surface area (Å²) in [6, 6.07) is 13.1. The number of anilines is 2. The Bertz CT molecular complexity index is 794. The smallest absolute Gasteiger partial charge is 0.269 e. The predicted octanol–water partition coefficient (Wildman–Crippen LogP) is 3.19. The first-order valence-electron chi connectivity index (χ1n) is 7.28. The first kappa shape index (κ1) is 17.0. The van der Waals surface area contributed by atoms with E-state index in [9.17, 15) is 14.9 Å². The second-order valence-corrected chi connectivity index (χ2v) is 5.09. The molecule has 0 radical (unpaired) electrons. The molecule has 24 heavy (non-hydrogen) atoms. The zero-order valence-corrected chi connectivity index (χ0v) is 13.1. The van der Waals surface area contributed by atoms with Gasteiger partial charge in [0.1, 0.15) is 0 Å². The quantitative estimate of drug-likeness (QED) is 0.350. The monoisotopic (exact) mass is 324 g/mol. The maximum Gasteiger partial charge on any atom is 0.269 e. The van der Waals surface area contributed by atoms with E-state index < -0.39 is 4.92 Å². The molecule has 2 aromatic rings. The number of non-ortho nitro benzene ring substituents is 1. The molecule has 0 aliphatic rings. The number of nitro groups is 1. The van der Waals surface area contributed by atoms with E-state index in [1.807, 2.05) is 6.07 Å². The number of nitriles is 1. The van der Waals surface area contributed by atoms with Crippen molar-refractivity contribution in [2.24, 2.45) is 0 Å². The molecular weight excluding hydrogens is 308 g/mol. The summed E-state index contributed by atoms with van der Waals surface area (Å²) in [4.78, 5) is 21.8. The summed E-state index contributed by atoms with van der Waals surface area (Å²) in [6.07, 6.45) is 0. The Morgan fingerprint density at radius 1 is 1.17 bits per heavy atom. The molecule has 0 unspecified atom stereocenters. The number of nitrogens with one attached hydrogen (secondary N) is 2. The van der Waals surface area contributed by atoms with E-state index in [-0.39, 0.29) is 11.5 Å². The van der Waals surface area contributed by atoms with Gasteiger partial charge in [-0.2, -0.15) is 5.26 Å². The lowest BCUT2D eigenvalue weighted by atomic mass is 10.1. The molecule has 2 N–H and O–H groups in total. The maximum absolute atomic E-state index is 11.6. The van der Waals surface area contributed by atoms with Crippen LogP contribution in [-0.2, 0) is 0 Å². The lowest BCUT2D eigenvalue weighted by Gasteiger charge is -2.12. The van der Waals surface area contributed by atoms with Gasteiger partial charge in [-0.25, -0.2) is 0 Å². The van der Waals surface area contributed by atoms with E-state index in [4.69, 9.17) is 5.26 Å². The molecule has 0 heterocycles. The van der Waals surface area contributed by atoms with Crippen LogP contribution in [0.5, 0.6) is 0 Å². The first-order chi connectivity index (χ1) is 11.5. The number of ketones is 1. The minimum atomic E-state index is -0.448. The molecule has 0 saturated carbocycles. The minimum absolute atomic E-state index is 0.0399. The number of carbonyl (C=O) groups is 1. The van der Waals surface area contributed by atoms with Gasteiger partial charge in [-0.3, -0.25) is 14.9 Å². The van der Waals surface area contributed by atoms with Crippen LogP contribution in [0.2, 0.25) is 0 Å². The van der Waals surface area contributed by atoms with Crippen molar-refractivity contribution in [3.05, 3.63) is 63.7 Å². The van der Waals surface area contributed by atoms with Crippen molar-refractivity contribution in [3.63, 3.8) is 0 Å². The van der Waals surface area contributed by atoms with Crippen molar-refractivity contribution in [2.75, 3.05) is 23.7 Å². The van der Waals surface area contributed by atoms with Gasteiger partial charge in [0.25, 0.3) is 5.69 Å². The summed E-state index contributed by atoms with van der Waals surface area (Å²) in [5.41, 5.74) is 2.43. The molecule has 0 saturated heterocycles. The van der Waals surface area contributed by atoms with Gasteiger partial charge in [0.15, 0.2) is 5.78 Å². The average molecular weight is 324 g/mol. The molecule has 0 aromatic heterocycles. The highest BCUT2D eigenvalue weighted by Crippen LogP contribution is 2.18. The van der Waals surface area contributed by atoms with Crippen molar-refractivity contribution >= 4 is 22.8 Å². The highest BCUT2D eigenvalue weighted by atomic mass is 16.6. The number of hydrogen-bond donors (Lipinski definition) is 2.